The van der Waals surface area contributed by atoms with Gasteiger partial charge in [0.1, 0.15) is 5.69 Å². The Bertz CT molecular complexity index is 934. The monoisotopic (exact) mass is 399 g/mol. The second-order valence-electron chi connectivity index (χ2n) is 5.56. The summed E-state index contributed by atoms with van der Waals surface area (Å²) in [5.74, 6) is 1.18. The van der Waals surface area contributed by atoms with Crippen molar-refractivity contribution in [3.05, 3.63) is 36.4 Å². The largest absolute Gasteiger partial charge is 0.490 e. The van der Waals surface area contributed by atoms with Crippen LogP contribution in [0.2, 0.25) is 0 Å². The number of carbonyl (C=O) groups is 1. The number of amides is 1. The molecule has 0 bridgehead atoms. The molecule has 0 aliphatic heterocycles. The lowest BCUT2D eigenvalue weighted by Crippen LogP contribution is -2.13. The van der Waals surface area contributed by atoms with Crippen molar-refractivity contribution in [3.63, 3.8) is 0 Å². The molecule has 0 radical (unpaired) electrons. The summed E-state index contributed by atoms with van der Waals surface area (Å²) in [6, 6.07) is 3.37. The number of anilines is 1. The fourth-order valence-corrected chi connectivity index (χ4v) is 2.48. The summed E-state index contributed by atoms with van der Waals surface area (Å²) in [6.07, 6.45) is 4.22. The highest BCUT2D eigenvalue weighted by atomic mass is 16.5. The molecule has 2 aromatic heterocycles. The number of ether oxygens (including phenoxy) is 3. The summed E-state index contributed by atoms with van der Waals surface area (Å²) in [5, 5.41) is 10.3. The van der Waals surface area contributed by atoms with Crippen LogP contribution in [0.15, 0.2) is 35.1 Å². The summed E-state index contributed by atoms with van der Waals surface area (Å²) < 4.78 is 22.6. The van der Waals surface area contributed by atoms with Gasteiger partial charge in [0, 0.05) is 18.0 Å². The van der Waals surface area contributed by atoms with Crippen molar-refractivity contribution in [3.8, 4) is 28.7 Å². The molecule has 29 heavy (non-hydrogen) atoms. The van der Waals surface area contributed by atoms with Gasteiger partial charge in [-0.05, 0) is 32.9 Å². The average Bonchev–Trinajstić information content (AvgIpc) is 3.19. The summed E-state index contributed by atoms with van der Waals surface area (Å²) in [7, 11) is 0. The molecule has 0 aliphatic rings. The SMILES string of the molecule is CCOc1cc(-c2nnc(NC(=O)c3cnccn3)o2)cc(OCC)c1OCC. The number of hydrogen-bond donors (Lipinski definition) is 1. The Labute approximate surface area is 167 Å². The van der Waals surface area contributed by atoms with Gasteiger partial charge < -0.3 is 18.6 Å². The minimum absolute atomic E-state index is 0.0690. The number of carbonyl (C=O) groups excluding carboxylic acids is 1. The maximum atomic E-state index is 12.2. The topological polar surface area (TPSA) is 121 Å². The smallest absolute Gasteiger partial charge is 0.322 e. The summed E-state index contributed by atoms with van der Waals surface area (Å²) in [6.45, 7) is 6.96. The maximum absolute atomic E-state index is 12.2. The minimum Gasteiger partial charge on any atom is -0.490 e. The molecule has 0 unspecified atom stereocenters. The van der Waals surface area contributed by atoms with Crippen molar-refractivity contribution >= 4 is 11.9 Å². The zero-order chi connectivity index (χ0) is 20.6. The van der Waals surface area contributed by atoms with Crippen molar-refractivity contribution in [1.29, 1.82) is 0 Å². The van der Waals surface area contributed by atoms with Gasteiger partial charge in [-0.25, -0.2) is 4.98 Å². The normalized spacial score (nSPS) is 10.4. The summed E-state index contributed by atoms with van der Waals surface area (Å²) in [5.41, 5.74) is 0.693. The zero-order valence-corrected chi connectivity index (χ0v) is 16.3. The molecule has 3 aromatic rings. The Hall–Kier alpha value is -3.69. The van der Waals surface area contributed by atoms with E-state index >= 15 is 0 Å². The lowest BCUT2D eigenvalue weighted by atomic mass is 10.2. The van der Waals surface area contributed by atoms with Crippen LogP contribution in [0.3, 0.4) is 0 Å². The van der Waals surface area contributed by atoms with E-state index in [9.17, 15) is 4.79 Å². The van der Waals surface area contributed by atoms with Crippen LogP contribution in [-0.4, -0.2) is 45.9 Å². The van der Waals surface area contributed by atoms with Crippen molar-refractivity contribution in [2.45, 2.75) is 20.8 Å². The molecule has 10 heteroatoms. The van der Waals surface area contributed by atoms with Crippen LogP contribution in [0.5, 0.6) is 17.2 Å². The Balaban J connectivity index is 1.89. The van der Waals surface area contributed by atoms with Crippen LogP contribution in [0.4, 0.5) is 6.01 Å². The van der Waals surface area contributed by atoms with Crippen LogP contribution >= 0.6 is 0 Å². The number of rotatable bonds is 9. The molecular weight excluding hydrogens is 378 g/mol. The van der Waals surface area contributed by atoms with E-state index in [1.54, 1.807) is 12.1 Å². The second kappa shape index (κ2) is 9.49. The third-order valence-corrected chi connectivity index (χ3v) is 3.60. The molecule has 1 amide bonds. The second-order valence-corrected chi connectivity index (χ2v) is 5.56. The van der Waals surface area contributed by atoms with Crippen molar-refractivity contribution in [2.24, 2.45) is 0 Å². The Kier molecular flexibility index (Phi) is 6.56. The van der Waals surface area contributed by atoms with Crippen molar-refractivity contribution in [1.82, 2.24) is 20.2 Å². The van der Waals surface area contributed by atoms with E-state index in [2.05, 4.69) is 25.5 Å². The maximum Gasteiger partial charge on any atom is 0.322 e. The van der Waals surface area contributed by atoms with Gasteiger partial charge in [0.2, 0.25) is 11.6 Å². The molecule has 0 saturated heterocycles. The van der Waals surface area contributed by atoms with Crippen LogP contribution in [0.1, 0.15) is 31.3 Å². The van der Waals surface area contributed by atoms with Crippen molar-refractivity contribution in [2.75, 3.05) is 25.1 Å². The highest BCUT2D eigenvalue weighted by molar-refractivity contribution is 6.01. The van der Waals surface area contributed by atoms with Gasteiger partial charge in [-0.2, -0.15) is 0 Å². The number of benzene rings is 1. The predicted octanol–water partition coefficient (Wildman–Crippen LogP) is 2.98. The number of hydrogen-bond acceptors (Lipinski definition) is 9. The summed E-state index contributed by atoms with van der Waals surface area (Å²) in [4.78, 5) is 19.9. The van der Waals surface area contributed by atoms with E-state index in [0.29, 0.717) is 42.6 Å². The van der Waals surface area contributed by atoms with Crippen LogP contribution in [0.25, 0.3) is 11.5 Å². The van der Waals surface area contributed by atoms with Gasteiger partial charge in [-0.1, -0.05) is 5.10 Å². The first-order chi connectivity index (χ1) is 14.2. The molecule has 0 spiro atoms. The van der Waals surface area contributed by atoms with Crippen LogP contribution in [0, 0.1) is 0 Å². The zero-order valence-electron chi connectivity index (χ0n) is 16.3. The van der Waals surface area contributed by atoms with Crippen LogP contribution < -0.4 is 19.5 Å². The molecule has 0 atom stereocenters. The van der Waals surface area contributed by atoms with E-state index < -0.39 is 5.91 Å². The van der Waals surface area contributed by atoms with Gasteiger partial charge in [0.15, 0.2) is 11.5 Å². The molecule has 2 heterocycles. The lowest BCUT2D eigenvalue weighted by Gasteiger charge is -2.16. The van der Waals surface area contributed by atoms with E-state index in [-0.39, 0.29) is 17.6 Å². The fourth-order valence-electron chi connectivity index (χ4n) is 2.48. The molecule has 10 nitrogen and oxygen atoms in total. The number of nitrogens with zero attached hydrogens (tertiary/aromatic N) is 4. The fraction of sp³-hybridized carbons (Fsp3) is 0.316. The third kappa shape index (κ3) is 4.78. The first-order valence-electron chi connectivity index (χ1n) is 9.13. The highest BCUT2D eigenvalue weighted by Gasteiger charge is 2.19. The predicted molar refractivity (Wildman–Crippen MR) is 103 cm³/mol. The minimum atomic E-state index is -0.509. The number of aromatic nitrogens is 4. The molecule has 0 saturated carbocycles. The molecule has 0 fully saturated rings. The van der Waals surface area contributed by atoms with Crippen molar-refractivity contribution < 1.29 is 23.4 Å². The first kappa shape index (κ1) is 20.1. The summed E-state index contributed by atoms with van der Waals surface area (Å²) >= 11 is 0. The molecule has 152 valence electrons. The average molecular weight is 399 g/mol. The van der Waals surface area contributed by atoms with Gasteiger partial charge >= 0.3 is 6.01 Å². The van der Waals surface area contributed by atoms with Gasteiger partial charge in [-0.15, -0.1) is 5.10 Å². The van der Waals surface area contributed by atoms with Gasteiger partial charge in [-0.3, -0.25) is 15.1 Å². The Morgan fingerprint density at radius 1 is 1.00 bits per heavy atom. The van der Waals surface area contributed by atoms with E-state index in [4.69, 9.17) is 18.6 Å². The standard InChI is InChI=1S/C19H21N5O5/c1-4-26-14-9-12(10-15(27-5-2)16(14)28-6-3)18-23-24-19(29-18)22-17(25)13-11-20-7-8-21-13/h7-11H,4-6H2,1-3H3,(H,22,24,25). The molecule has 1 aromatic carbocycles. The van der Waals surface area contributed by atoms with E-state index in [1.807, 2.05) is 20.8 Å². The Morgan fingerprint density at radius 2 is 1.69 bits per heavy atom. The highest BCUT2D eigenvalue weighted by Crippen LogP contribution is 2.41. The third-order valence-electron chi connectivity index (χ3n) is 3.60. The van der Waals surface area contributed by atoms with E-state index in [1.165, 1.54) is 18.6 Å². The first-order valence-corrected chi connectivity index (χ1v) is 9.13. The quantitative estimate of drug-likeness (QED) is 0.578. The Morgan fingerprint density at radius 3 is 2.28 bits per heavy atom. The van der Waals surface area contributed by atoms with E-state index in [0.717, 1.165) is 0 Å². The number of nitrogens with one attached hydrogen (secondary N) is 1. The molecular formula is C19H21N5O5. The molecule has 0 aliphatic carbocycles. The van der Waals surface area contributed by atoms with Gasteiger partial charge in [0.05, 0.1) is 26.0 Å². The molecule has 3 rings (SSSR count). The lowest BCUT2D eigenvalue weighted by molar-refractivity contribution is 0.101. The molecule has 1 N–H and O–H groups in total. The van der Waals surface area contributed by atoms with Crippen LogP contribution in [-0.2, 0) is 0 Å². The van der Waals surface area contributed by atoms with Gasteiger partial charge in [0.25, 0.3) is 5.91 Å².